The van der Waals surface area contributed by atoms with Gasteiger partial charge in [-0.3, -0.25) is 0 Å². The highest BCUT2D eigenvalue weighted by Crippen LogP contribution is 2.37. The van der Waals surface area contributed by atoms with Crippen LogP contribution >= 0.6 is 0 Å². The summed E-state index contributed by atoms with van der Waals surface area (Å²) in [7, 11) is 3.55. The van der Waals surface area contributed by atoms with Crippen molar-refractivity contribution in [1.82, 2.24) is 5.32 Å². The molecule has 0 amide bonds. The summed E-state index contributed by atoms with van der Waals surface area (Å²) < 4.78 is 18.8. The third-order valence-corrected chi connectivity index (χ3v) is 3.60. The monoisotopic (exact) mass is 239 g/mol. The molecule has 0 saturated heterocycles. The molecule has 3 heteroatoms. The third kappa shape index (κ3) is 2.78. The Labute approximate surface area is 103 Å². The van der Waals surface area contributed by atoms with E-state index in [2.05, 4.69) is 19.2 Å². The van der Waals surface area contributed by atoms with Crippen molar-refractivity contribution < 1.29 is 9.13 Å². The van der Waals surface area contributed by atoms with Crippen LogP contribution < -0.4 is 10.1 Å². The largest absolute Gasteiger partial charge is 0.496 e. The average Bonchev–Trinajstić information content (AvgIpc) is 2.36. The number of benzene rings is 1. The van der Waals surface area contributed by atoms with E-state index in [9.17, 15) is 4.39 Å². The fourth-order valence-corrected chi connectivity index (χ4v) is 2.41. The molecule has 0 saturated carbocycles. The highest BCUT2D eigenvalue weighted by molar-refractivity contribution is 5.40. The van der Waals surface area contributed by atoms with Gasteiger partial charge in [0.2, 0.25) is 0 Å². The van der Waals surface area contributed by atoms with Crippen LogP contribution in [0.3, 0.4) is 0 Å². The van der Waals surface area contributed by atoms with Gasteiger partial charge in [0.05, 0.1) is 7.11 Å². The van der Waals surface area contributed by atoms with Crippen molar-refractivity contribution in [2.24, 2.45) is 0 Å². The van der Waals surface area contributed by atoms with Crippen molar-refractivity contribution >= 4 is 0 Å². The van der Waals surface area contributed by atoms with E-state index in [-0.39, 0.29) is 11.2 Å². The minimum Gasteiger partial charge on any atom is -0.496 e. The summed E-state index contributed by atoms with van der Waals surface area (Å²) in [6.07, 6.45) is 1.90. The van der Waals surface area contributed by atoms with E-state index in [0.29, 0.717) is 0 Å². The Hall–Kier alpha value is -1.09. The number of halogens is 1. The lowest BCUT2D eigenvalue weighted by molar-refractivity contribution is 0.344. The van der Waals surface area contributed by atoms with E-state index >= 15 is 0 Å². The Morgan fingerprint density at radius 3 is 2.41 bits per heavy atom. The number of hydrogen-bond acceptors (Lipinski definition) is 2. The normalized spacial score (nSPS) is 11.6. The van der Waals surface area contributed by atoms with Gasteiger partial charge in [-0.25, -0.2) is 4.39 Å². The minimum atomic E-state index is -0.205. The molecule has 0 fully saturated rings. The molecule has 0 aliphatic carbocycles. The minimum absolute atomic E-state index is 0.0673. The van der Waals surface area contributed by atoms with Crippen molar-refractivity contribution in [3.63, 3.8) is 0 Å². The van der Waals surface area contributed by atoms with Crippen LogP contribution in [0.2, 0.25) is 0 Å². The van der Waals surface area contributed by atoms with Gasteiger partial charge in [0.1, 0.15) is 11.6 Å². The molecule has 96 valence electrons. The van der Waals surface area contributed by atoms with Crippen LogP contribution in [0.5, 0.6) is 5.75 Å². The number of hydrogen-bond donors (Lipinski definition) is 1. The third-order valence-electron chi connectivity index (χ3n) is 3.60. The van der Waals surface area contributed by atoms with E-state index < -0.39 is 0 Å². The molecular weight excluding hydrogens is 217 g/mol. The van der Waals surface area contributed by atoms with E-state index in [1.54, 1.807) is 19.2 Å². The smallest absolute Gasteiger partial charge is 0.123 e. The molecule has 0 atom stereocenters. The Bertz CT molecular complexity index is 361. The van der Waals surface area contributed by atoms with Crippen molar-refractivity contribution in [3.05, 3.63) is 29.6 Å². The van der Waals surface area contributed by atoms with Gasteiger partial charge < -0.3 is 10.1 Å². The molecule has 0 bridgehead atoms. The number of nitrogens with one attached hydrogen (secondary N) is 1. The molecule has 1 aromatic rings. The number of ether oxygens (including phenoxy) is 1. The SMILES string of the molecule is CCC(CC)(CNC)c1cc(F)ccc1OC. The number of methoxy groups -OCH3 is 1. The lowest BCUT2D eigenvalue weighted by Gasteiger charge is -2.33. The standard InChI is InChI=1S/C14H22FNO/c1-5-14(6-2,10-16-3)12-9-11(15)7-8-13(12)17-4/h7-9,16H,5-6,10H2,1-4H3. The molecule has 0 aliphatic heterocycles. The van der Waals surface area contributed by atoms with E-state index in [1.165, 1.54) is 6.07 Å². The molecule has 2 nitrogen and oxygen atoms in total. The maximum atomic E-state index is 13.5. The van der Waals surface area contributed by atoms with Gasteiger partial charge in [-0.2, -0.15) is 0 Å². The summed E-state index contributed by atoms with van der Waals surface area (Å²) in [4.78, 5) is 0. The first-order valence-corrected chi connectivity index (χ1v) is 6.12. The van der Waals surface area contributed by atoms with Gasteiger partial charge in [0.25, 0.3) is 0 Å². The lowest BCUT2D eigenvalue weighted by Crippen LogP contribution is -2.36. The molecule has 0 heterocycles. The zero-order valence-electron chi connectivity index (χ0n) is 11.1. The first-order valence-electron chi connectivity index (χ1n) is 6.12. The second kappa shape index (κ2) is 6.01. The summed E-state index contributed by atoms with van der Waals surface area (Å²) >= 11 is 0. The first kappa shape index (κ1) is 14.0. The maximum absolute atomic E-state index is 13.5. The first-order chi connectivity index (χ1) is 8.13. The predicted molar refractivity (Wildman–Crippen MR) is 69.1 cm³/mol. The maximum Gasteiger partial charge on any atom is 0.123 e. The average molecular weight is 239 g/mol. The summed E-state index contributed by atoms with van der Waals surface area (Å²) in [5.74, 6) is 0.563. The Morgan fingerprint density at radius 1 is 1.29 bits per heavy atom. The van der Waals surface area contributed by atoms with Crippen LogP contribution in [0.4, 0.5) is 4.39 Å². The lowest BCUT2D eigenvalue weighted by atomic mass is 9.75. The van der Waals surface area contributed by atoms with Crippen molar-refractivity contribution in [3.8, 4) is 5.75 Å². The van der Waals surface area contributed by atoms with Crippen LogP contribution in [-0.2, 0) is 5.41 Å². The summed E-state index contributed by atoms with van der Waals surface area (Å²) in [6, 6.07) is 4.75. The summed E-state index contributed by atoms with van der Waals surface area (Å²) in [6.45, 7) is 5.08. The highest BCUT2D eigenvalue weighted by Gasteiger charge is 2.31. The molecule has 0 aliphatic rings. The van der Waals surface area contributed by atoms with Gasteiger partial charge in [0, 0.05) is 17.5 Å². The molecule has 1 N–H and O–H groups in total. The van der Waals surface area contributed by atoms with Crippen molar-refractivity contribution in [1.29, 1.82) is 0 Å². The molecule has 1 aromatic carbocycles. The molecule has 0 unspecified atom stereocenters. The zero-order valence-corrected chi connectivity index (χ0v) is 11.1. The molecule has 17 heavy (non-hydrogen) atoms. The highest BCUT2D eigenvalue weighted by atomic mass is 19.1. The van der Waals surface area contributed by atoms with Gasteiger partial charge in [-0.1, -0.05) is 13.8 Å². The van der Waals surface area contributed by atoms with E-state index in [0.717, 1.165) is 30.7 Å². The zero-order chi connectivity index (χ0) is 12.9. The van der Waals surface area contributed by atoms with Crippen molar-refractivity contribution in [2.75, 3.05) is 20.7 Å². The Kier molecular flexibility index (Phi) is 4.94. The van der Waals surface area contributed by atoms with Crippen LogP contribution in [0.15, 0.2) is 18.2 Å². The van der Waals surface area contributed by atoms with Crippen LogP contribution in [0.25, 0.3) is 0 Å². The summed E-state index contributed by atoms with van der Waals surface area (Å²) in [5, 5.41) is 3.20. The molecule has 1 rings (SSSR count). The second-order valence-electron chi connectivity index (χ2n) is 4.36. The topological polar surface area (TPSA) is 21.3 Å². The Morgan fingerprint density at radius 2 is 1.94 bits per heavy atom. The second-order valence-corrected chi connectivity index (χ2v) is 4.36. The fourth-order valence-electron chi connectivity index (χ4n) is 2.41. The molecular formula is C14H22FNO. The summed E-state index contributed by atoms with van der Waals surface area (Å²) in [5.41, 5.74) is 0.890. The fraction of sp³-hybridized carbons (Fsp3) is 0.571. The van der Waals surface area contributed by atoms with Gasteiger partial charge >= 0.3 is 0 Å². The number of likely N-dealkylation sites (N-methyl/N-ethyl adjacent to an activating group) is 1. The number of rotatable bonds is 6. The van der Waals surface area contributed by atoms with Crippen LogP contribution in [0.1, 0.15) is 32.3 Å². The Balaban J connectivity index is 3.29. The van der Waals surface area contributed by atoms with E-state index in [4.69, 9.17) is 4.74 Å². The van der Waals surface area contributed by atoms with Crippen LogP contribution in [0, 0.1) is 5.82 Å². The van der Waals surface area contributed by atoms with Crippen molar-refractivity contribution in [2.45, 2.75) is 32.1 Å². The van der Waals surface area contributed by atoms with Gasteiger partial charge in [-0.15, -0.1) is 0 Å². The van der Waals surface area contributed by atoms with Gasteiger partial charge in [0.15, 0.2) is 0 Å². The quantitative estimate of drug-likeness (QED) is 0.823. The molecule has 0 radical (unpaired) electrons. The van der Waals surface area contributed by atoms with E-state index in [1.807, 2.05) is 7.05 Å². The molecule has 0 aromatic heterocycles. The van der Waals surface area contributed by atoms with Crippen LogP contribution in [-0.4, -0.2) is 20.7 Å². The molecule has 0 spiro atoms. The predicted octanol–water partition coefficient (Wildman–Crippen LogP) is 3.11. The van der Waals surface area contributed by atoms with Gasteiger partial charge in [-0.05, 0) is 38.1 Å².